The number of hydrogen-bond acceptors (Lipinski definition) is 9. The molecule has 3 aromatic heterocycles. The molecule has 0 bridgehead atoms. The van der Waals surface area contributed by atoms with Gasteiger partial charge >= 0.3 is 6.09 Å². The van der Waals surface area contributed by atoms with Gasteiger partial charge in [-0.05, 0) is 63.3 Å². The molecular formula is C29H31FN8O4. The quantitative estimate of drug-likeness (QED) is 0.339. The number of anilines is 3. The maximum atomic E-state index is 15.7. The monoisotopic (exact) mass is 574 g/mol. The van der Waals surface area contributed by atoms with Gasteiger partial charge < -0.3 is 20.5 Å². The van der Waals surface area contributed by atoms with E-state index in [1.807, 2.05) is 13.2 Å². The van der Waals surface area contributed by atoms with Crippen LogP contribution in [0, 0.1) is 18.7 Å². The van der Waals surface area contributed by atoms with E-state index in [-0.39, 0.29) is 59.4 Å². The van der Waals surface area contributed by atoms with Gasteiger partial charge in [-0.25, -0.2) is 14.2 Å². The molecule has 4 heterocycles. The van der Waals surface area contributed by atoms with E-state index >= 15 is 4.39 Å². The lowest BCUT2D eigenvalue weighted by molar-refractivity contribution is -0.117. The highest BCUT2D eigenvalue weighted by molar-refractivity contribution is 6.00. The van der Waals surface area contributed by atoms with Gasteiger partial charge in [-0.15, -0.1) is 10.2 Å². The van der Waals surface area contributed by atoms with Crippen LogP contribution in [0.2, 0.25) is 0 Å². The summed E-state index contributed by atoms with van der Waals surface area (Å²) in [6.07, 6.45) is 5.32. The molecule has 2 atom stereocenters. The lowest BCUT2D eigenvalue weighted by Crippen LogP contribution is -2.42. The number of aryl methyl sites for hydroxylation is 1. The zero-order chi connectivity index (χ0) is 29.9. The fourth-order valence-corrected chi connectivity index (χ4v) is 5.26. The van der Waals surface area contributed by atoms with Gasteiger partial charge in [0.1, 0.15) is 23.4 Å². The number of nitrogens with two attached hydrogens (primary N) is 1. The first kappa shape index (κ1) is 27.4. The van der Waals surface area contributed by atoms with Crippen LogP contribution in [0.3, 0.4) is 0 Å². The first-order chi connectivity index (χ1) is 19.9. The molecule has 2 amide bonds. The van der Waals surface area contributed by atoms with E-state index in [1.165, 1.54) is 11.1 Å². The predicted octanol–water partition coefficient (Wildman–Crippen LogP) is 4.33. The van der Waals surface area contributed by atoms with Crippen molar-refractivity contribution in [2.75, 3.05) is 29.1 Å². The molecule has 42 heavy (non-hydrogen) atoms. The lowest BCUT2D eigenvalue weighted by atomic mass is 9.97. The van der Waals surface area contributed by atoms with Crippen molar-refractivity contribution in [1.29, 1.82) is 0 Å². The molecule has 1 saturated carbocycles. The predicted molar refractivity (Wildman–Crippen MR) is 154 cm³/mol. The molecule has 12 nitrogen and oxygen atoms in total. The van der Waals surface area contributed by atoms with E-state index in [9.17, 15) is 9.59 Å². The van der Waals surface area contributed by atoms with E-state index in [4.69, 9.17) is 15.2 Å². The summed E-state index contributed by atoms with van der Waals surface area (Å²) in [6.45, 7) is 7.59. The summed E-state index contributed by atoms with van der Waals surface area (Å²) < 4.78 is 28.7. The molecular weight excluding hydrogens is 543 g/mol. The lowest BCUT2D eigenvalue weighted by Gasteiger charge is -2.32. The van der Waals surface area contributed by atoms with Gasteiger partial charge in [0.05, 0.1) is 18.4 Å². The second-order valence-corrected chi connectivity index (χ2v) is 11.6. The number of nitrogen functional groups attached to an aromatic ring is 1. The smallest absolute Gasteiger partial charge is 0.415 e. The molecule has 3 N–H and O–H groups in total. The van der Waals surface area contributed by atoms with Crippen molar-refractivity contribution in [3.63, 3.8) is 0 Å². The Morgan fingerprint density at radius 2 is 1.98 bits per heavy atom. The maximum absolute atomic E-state index is 15.7. The van der Waals surface area contributed by atoms with Gasteiger partial charge in [-0.3, -0.25) is 14.4 Å². The van der Waals surface area contributed by atoms with Crippen molar-refractivity contribution in [1.82, 2.24) is 25.0 Å². The highest BCUT2D eigenvalue weighted by Gasteiger charge is 2.44. The second kappa shape index (κ2) is 9.93. The largest absolute Gasteiger partial charge is 0.474 e. The summed E-state index contributed by atoms with van der Waals surface area (Å²) >= 11 is 0. The van der Waals surface area contributed by atoms with Gasteiger partial charge in [-0.2, -0.15) is 5.10 Å². The Balaban J connectivity index is 1.32. The van der Waals surface area contributed by atoms with E-state index in [0.29, 0.717) is 22.2 Å². The number of rotatable bonds is 4. The van der Waals surface area contributed by atoms with Crippen LogP contribution in [0.25, 0.3) is 22.0 Å². The summed E-state index contributed by atoms with van der Waals surface area (Å²) in [7, 11) is 1.83. The van der Waals surface area contributed by atoms with Crippen LogP contribution in [-0.4, -0.2) is 55.7 Å². The van der Waals surface area contributed by atoms with Gasteiger partial charge in [0.2, 0.25) is 11.8 Å². The van der Waals surface area contributed by atoms with Crippen LogP contribution in [0.1, 0.15) is 44.2 Å². The highest BCUT2D eigenvalue weighted by Crippen LogP contribution is 2.48. The van der Waals surface area contributed by atoms with Crippen LogP contribution < -0.4 is 20.7 Å². The van der Waals surface area contributed by atoms with Gasteiger partial charge in [0.15, 0.2) is 11.6 Å². The number of halogens is 1. The maximum Gasteiger partial charge on any atom is 0.415 e. The standard InChI is InChI=1S/C29H31FN8O4/c1-14-20(12-32-27-25(14)38(6-7-41-27)28(40)42-29(2,3)4)18-8-15-9-21(35-36-24(15)23(31)22(18)30)34-26(39)19-10-17(19)16-11-33-37(5)13-16/h8-9,11-13,17,19H,6-7,10,31H2,1-5H3,(H,34,35,39)/t17?,19-/m0/s1. The Labute approximate surface area is 241 Å². The number of fused-ring (bicyclic) bond motifs is 2. The van der Waals surface area contributed by atoms with E-state index < -0.39 is 17.5 Å². The van der Waals surface area contributed by atoms with Crippen molar-refractivity contribution in [2.24, 2.45) is 13.0 Å². The van der Waals surface area contributed by atoms with Crippen LogP contribution >= 0.6 is 0 Å². The molecule has 1 aliphatic heterocycles. The Hall–Kier alpha value is -4.81. The molecule has 4 aromatic rings. The minimum absolute atomic E-state index is 0.104. The van der Waals surface area contributed by atoms with Gasteiger partial charge in [-0.1, -0.05) is 0 Å². The molecule has 1 aliphatic carbocycles. The third kappa shape index (κ3) is 4.95. The number of carbonyl (C=O) groups excluding carboxylic acids is 2. The Bertz CT molecular complexity index is 1750. The number of benzene rings is 1. The SMILES string of the molecule is Cc1c(-c2cc3cc(NC(=O)[C@H]4CC4c4cnn(C)c4)nnc3c(N)c2F)cnc2c1N(C(=O)OC(C)(C)C)CCO2. The Morgan fingerprint density at radius 1 is 1.19 bits per heavy atom. The number of ether oxygens (including phenoxy) is 2. The molecule has 0 saturated heterocycles. The number of amides is 2. The third-order valence-corrected chi connectivity index (χ3v) is 7.38. The Kier molecular flexibility index (Phi) is 6.47. The van der Waals surface area contributed by atoms with Crippen LogP contribution in [0.4, 0.5) is 26.4 Å². The minimum Gasteiger partial charge on any atom is -0.474 e. The molecule has 6 rings (SSSR count). The summed E-state index contributed by atoms with van der Waals surface area (Å²) in [5, 5.41) is 15.6. The molecule has 1 fully saturated rings. The normalized spacial score (nSPS) is 17.9. The molecule has 1 aromatic carbocycles. The summed E-state index contributed by atoms with van der Waals surface area (Å²) in [4.78, 5) is 31.8. The fraction of sp³-hybridized carbons (Fsp3) is 0.379. The average Bonchev–Trinajstić information content (AvgIpc) is 3.62. The number of nitrogens with zero attached hydrogens (tertiary/aromatic N) is 6. The fourth-order valence-electron chi connectivity index (χ4n) is 5.26. The summed E-state index contributed by atoms with van der Waals surface area (Å²) in [6, 6.07) is 3.19. The van der Waals surface area contributed by atoms with E-state index in [0.717, 1.165) is 12.0 Å². The average molecular weight is 575 g/mol. The minimum atomic E-state index is -0.708. The van der Waals surface area contributed by atoms with Crippen LogP contribution in [0.5, 0.6) is 5.88 Å². The third-order valence-electron chi connectivity index (χ3n) is 7.38. The molecule has 0 spiro atoms. The first-order valence-corrected chi connectivity index (χ1v) is 13.6. The van der Waals surface area contributed by atoms with Crippen molar-refractivity contribution in [3.05, 3.63) is 47.7 Å². The van der Waals surface area contributed by atoms with E-state index in [1.54, 1.807) is 50.7 Å². The molecule has 218 valence electrons. The highest BCUT2D eigenvalue weighted by atomic mass is 19.1. The van der Waals surface area contributed by atoms with Crippen molar-refractivity contribution in [3.8, 4) is 17.0 Å². The first-order valence-electron chi connectivity index (χ1n) is 13.6. The van der Waals surface area contributed by atoms with Gasteiger partial charge in [0.25, 0.3) is 0 Å². The Morgan fingerprint density at radius 3 is 2.69 bits per heavy atom. The molecule has 1 unspecified atom stereocenters. The van der Waals surface area contributed by atoms with Crippen molar-refractivity contribution < 1.29 is 23.5 Å². The number of hydrogen-bond donors (Lipinski definition) is 2. The zero-order valence-corrected chi connectivity index (χ0v) is 23.9. The molecule has 2 aliphatic rings. The number of pyridine rings is 1. The zero-order valence-electron chi connectivity index (χ0n) is 23.9. The summed E-state index contributed by atoms with van der Waals surface area (Å²) in [5.41, 5.74) is 8.00. The van der Waals surface area contributed by atoms with Crippen LogP contribution in [-0.2, 0) is 16.6 Å². The van der Waals surface area contributed by atoms with E-state index in [2.05, 4.69) is 25.6 Å². The van der Waals surface area contributed by atoms with Crippen LogP contribution in [0.15, 0.2) is 30.7 Å². The number of aromatic nitrogens is 5. The summed E-state index contributed by atoms with van der Waals surface area (Å²) in [5.74, 6) is -0.484. The van der Waals surface area contributed by atoms with Crippen molar-refractivity contribution >= 4 is 40.1 Å². The molecule has 13 heteroatoms. The topological polar surface area (TPSA) is 150 Å². The number of nitrogens with one attached hydrogen (secondary N) is 1. The number of carbonyl (C=O) groups is 2. The van der Waals surface area contributed by atoms with Gasteiger partial charge in [0, 0.05) is 41.9 Å². The molecule has 0 radical (unpaired) electrons. The second-order valence-electron chi connectivity index (χ2n) is 11.6. The van der Waals surface area contributed by atoms with Crippen molar-refractivity contribution in [2.45, 2.75) is 45.6 Å².